The minimum absolute atomic E-state index is 0.218. The first kappa shape index (κ1) is 14.1. The van der Waals surface area contributed by atoms with Crippen LogP contribution < -0.4 is 5.32 Å². The van der Waals surface area contributed by atoms with Gasteiger partial charge in [0.15, 0.2) is 5.69 Å². The molecule has 22 heavy (non-hydrogen) atoms. The van der Waals surface area contributed by atoms with Gasteiger partial charge in [0.1, 0.15) is 0 Å². The average molecular weight is 309 g/mol. The summed E-state index contributed by atoms with van der Waals surface area (Å²) in [5, 5.41) is 14.5. The van der Waals surface area contributed by atoms with Crippen LogP contribution in [0, 0.1) is 0 Å². The van der Waals surface area contributed by atoms with E-state index in [1.807, 2.05) is 0 Å². The van der Waals surface area contributed by atoms with Crippen LogP contribution in [0.1, 0.15) is 5.56 Å². The van der Waals surface area contributed by atoms with Gasteiger partial charge in [0.2, 0.25) is 6.39 Å². The summed E-state index contributed by atoms with van der Waals surface area (Å²) in [6, 6.07) is 4.69. The maximum absolute atomic E-state index is 12.5. The largest absolute Gasteiger partial charge is 0.422 e. The summed E-state index contributed by atoms with van der Waals surface area (Å²) in [5.74, 6) is 0.218. The van der Waals surface area contributed by atoms with Crippen LogP contribution in [0.2, 0.25) is 0 Å². The Morgan fingerprint density at radius 2 is 1.91 bits per heavy atom. The molecular weight excluding hydrogens is 299 g/mol. The molecule has 0 aliphatic rings. The number of alkyl halides is 3. The minimum Gasteiger partial charge on any atom is -0.422 e. The maximum atomic E-state index is 12.5. The second-order valence-electron chi connectivity index (χ2n) is 4.51. The fraction of sp³-hybridized carbons (Fsp3) is 0.154. The standard InChI is InChI=1S/C13H10F3N5O/c1-21-6-10(11(20-21)12-19-17-7-22-12)18-9-4-2-8(3-5-9)13(14,15)16/h2-7,18H,1H3. The topological polar surface area (TPSA) is 68.8 Å². The van der Waals surface area contributed by atoms with E-state index in [2.05, 4.69) is 20.6 Å². The number of benzene rings is 1. The van der Waals surface area contributed by atoms with Crippen LogP contribution in [-0.4, -0.2) is 20.0 Å². The van der Waals surface area contributed by atoms with Crippen molar-refractivity contribution in [2.45, 2.75) is 6.18 Å². The van der Waals surface area contributed by atoms with E-state index in [1.165, 1.54) is 23.2 Å². The predicted octanol–water partition coefficient (Wildman–Crippen LogP) is 3.23. The molecule has 0 aliphatic heterocycles. The van der Waals surface area contributed by atoms with Gasteiger partial charge in [-0.25, -0.2) is 0 Å². The van der Waals surface area contributed by atoms with Crippen LogP contribution in [-0.2, 0) is 13.2 Å². The molecule has 9 heteroatoms. The number of aryl methyl sites for hydroxylation is 1. The highest BCUT2D eigenvalue weighted by Gasteiger charge is 2.30. The molecule has 1 N–H and O–H groups in total. The molecule has 0 fully saturated rings. The van der Waals surface area contributed by atoms with E-state index in [1.54, 1.807) is 13.2 Å². The van der Waals surface area contributed by atoms with Gasteiger partial charge >= 0.3 is 6.18 Å². The highest BCUT2D eigenvalue weighted by Crippen LogP contribution is 2.31. The third kappa shape index (κ3) is 2.78. The molecule has 0 amide bonds. The van der Waals surface area contributed by atoms with Crippen molar-refractivity contribution >= 4 is 11.4 Å². The smallest absolute Gasteiger partial charge is 0.416 e. The third-order valence-corrected chi connectivity index (χ3v) is 2.88. The Hall–Kier alpha value is -2.84. The Bertz CT molecular complexity index is 762. The van der Waals surface area contributed by atoms with Gasteiger partial charge in [0.25, 0.3) is 5.89 Å². The quantitative estimate of drug-likeness (QED) is 0.804. The lowest BCUT2D eigenvalue weighted by atomic mass is 10.2. The second-order valence-corrected chi connectivity index (χ2v) is 4.51. The molecule has 1 aromatic carbocycles. The molecule has 2 aromatic heterocycles. The van der Waals surface area contributed by atoms with E-state index in [0.29, 0.717) is 17.1 Å². The van der Waals surface area contributed by atoms with Gasteiger partial charge < -0.3 is 9.73 Å². The summed E-state index contributed by atoms with van der Waals surface area (Å²) in [6.45, 7) is 0. The van der Waals surface area contributed by atoms with Gasteiger partial charge in [-0.15, -0.1) is 10.2 Å². The first-order chi connectivity index (χ1) is 10.4. The molecule has 0 saturated carbocycles. The molecule has 0 atom stereocenters. The Morgan fingerprint density at radius 1 is 1.18 bits per heavy atom. The van der Waals surface area contributed by atoms with Crippen molar-refractivity contribution in [1.82, 2.24) is 20.0 Å². The number of aromatic nitrogens is 4. The minimum atomic E-state index is -4.36. The highest BCUT2D eigenvalue weighted by atomic mass is 19.4. The molecule has 0 radical (unpaired) electrons. The van der Waals surface area contributed by atoms with Crippen molar-refractivity contribution in [3.05, 3.63) is 42.4 Å². The first-order valence-corrected chi connectivity index (χ1v) is 6.18. The average Bonchev–Trinajstić information content (AvgIpc) is 3.08. The van der Waals surface area contributed by atoms with E-state index < -0.39 is 11.7 Å². The van der Waals surface area contributed by atoms with Crippen molar-refractivity contribution in [3.63, 3.8) is 0 Å². The Labute approximate surface area is 122 Å². The van der Waals surface area contributed by atoms with Crippen molar-refractivity contribution < 1.29 is 17.6 Å². The molecule has 0 aliphatic carbocycles. The zero-order chi connectivity index (χ0) is 15.7. The summed E-state index contributed by atoms with van der Waals surface area (Å²) in [5.41, 5.74) is 0.745. The zero-order valence-corrected chi connectivity index (χ0v) is 11.3. The van der Waals surface area contributed by atoms with Crippen LogP contribution >= 0.6 is 0 Å². The van der Waals surface area contributed by atoms with Crippen molar-refractivity contribution in [1.29, 1.82) is 0 Å². The molecule has 0 spiro atoms. The zero-order valence-electron chi connectivity index (χ0n) is 11.3. The Kier molecular flexibility index (Phi) is 3.32. The molecular formula is C13H10F3N5O. The monoisotopic (exact) mass is 309 g/mol. The highest BCUT2D eigenvalue weighted by molar-refractivity contribution is 5.73. The molecule has 2 heterocycles. The molecule has 0 bridgehead atoms. The van der Waals surface area contributed by atoms with Crippen molar-refractivity contribution in [2.75, 3.05) is 5.32 Å². The van der Waals surface area contributed by atoms with E-state index in [0.717, 1.165) is 12.1 Å². The second kappa shape index (κ2) is 5.17. The number of rotatable bonds is 3. The molecule has 114 valence electrons. The fourth-order valence-electron chi connectivity index (χ4n) is 1.91. The van der Waals surface area contributed by atoms with Gasteiger partial charge in [0.05, 0.1) is 11.3 Å². The number of hydrogen-bond donors (Lipinski definition) is 1. The molecule has 0 unspecified atom stereocenters. The van der Waals surface area contributed by atoms with Crippen molar-refractivity contribution in [3.8, 4) is 11.6 Å². The number of anilines is 2. The lowest BCUT2D eigenvalue weighted by molar-refractivity contribution is -0.137. The maximum Gasteiger partial charge on any atom is 0.416 e. The lowest BCUT2D eigenvalue weighted by Gasteiger charge is -2.08. The van der Waals surface area contributed by atoms with Gasteiger partial charge in [0, 0.05) is 18.9 Å². The van der Waals surface area contributed by atoms with Gasteiger partial charge in [-0.05, 0) is 24.3 Å². The Balaban J connectivity index is 1.88. The molecule has 0 saturated heterocycles. The lowest BCUT2D eigenvalue weighted by Crippen LogP contribution is -2.04. The van der Waals surface area contributed by atoms with Crippen LogP contribution in [0.4, 0.5) is 24.5 Å². The number of halogens is 3. The summed E-state index contributed by atoms with van der Waals surface area (Å²) >= 11 is 0. The number of nitrogens with one attached hydrogen (secondary N) is 1. The summed E-state index contributed by atoms with van der Waals surface area (Å²) < 4.78 is 44.2. The van der Waals surface area contributed by atoms with E-state index >= 15 is 0 Å². The molecule has 3 aromatic rings. The van der Waals surface area contributed by atoms with Crippen LogP contribution in [0.5, 0.6) is 0 Å². The van der Waals surface area contributed by atoms with Gasteiger partial charge in [-0.2, -0.15) is 18.3 Å². The SMILES string of the molecule is Cn1cc(Nc2ccc(C(F)(F)F)cc2)c(-c2nnco2)n1. The van der Waals surface area contributed by atoms with Crippen LogP contribution in [0.3, 0.4) is 0 Å². The number of hydrogen-bond acceptors (Lipinski definition) is 5. The molecule has 6 nitrogen and oxygen atoms in total. The van der Waals surface area contributed by atoms with Crippen molar-refractivity contribution in [2.24, 2.45) is 7.05 Å². The summed E-state index contributed by atoms with van der Waals surface area (Å²) in [7, 11) is 1.71. The van der Waals surface area contributed by atoms with Gasteiger partial charge in [-0.1, -0.05) is 0 Å². The number of nitrogens with zero attached hydrogens (tertiary/aromatic N) is 4. The van der Waals surface area contributed by atoms with Crippen LogP contribution in [0.25, 0.3) is 11.6 Å². The predicted molar refractivity (Wildman–Crippen MR) is 71.2 cm³/mol. The van der Waals surface area contributed by atoms with Crippen LogP contribution in [0.15, 0.2) is 41.3 Å². The van der Waals surface area contributed by atoms with E-state index in [9.17, 15) is 13.2 Å². The van der Waals surface area contributed by atoms with E-state index in [-0.39, 0.29) is 5.89 Å². The Morgan fingerprint density at radius 3 is 2.50 bits per heavy atom. The van der Waals surface area contributed by atoms with E-state index in [4.69, 9.17) is 4.42 Å². The summed E-state index contributed by atoms with van der Waals surface area (Å²) in [6.07, 6.45) is -1.52. The first-order valence-electron chi connectivity index (χ1n) is 6.18. The third-order valence-electron chi connectivity index (χ3n) is 2.88. The normalized spacial score (nSPS) is 11.6. The molecule has 3 rings (SSSR count). The fourth-order valence-corrected chi connectivity index (χ4v) is 1.91. The van der Waals surface area contributed by atoms with Gasteiger partial charge in [-0.3, -0.25) is 4.68 Å². The summed E-state index contributed by atoms with van der Waals surface area (Å²) in [4.78, 5) is 0.